The van der Waals surface area contributed by atoms with Crippen LogP contribution < -0.4 is 5.32 Å². The van der Waals surface area contributed by atoms with E-state index in [1.807, 2.05) is 0 Å². The van der Waals surface area contributed by atoms with Crippen molar-refractivity contribution >= 4 is 12.0 Å². The highest BCUT2D eigenvalue weighted by atomic mass is 19.4. The van der Waals surface area contributed by atoms with E-state index in [0.29, 0.717) is 11.3 Å². The molecule has 0 aromatic carbocycles. The molecule has 0 radical (unpaired) electrons. The maximum Gasteiger partial charge on any atom is 0.406 e. The number of amides is 2. The van der Waals surface area contributed by atoms with Gasteiger partial charge in [0.05, 0.1) is 0 Å². The summed E-state index contributed by atoms with van der Waals surface area (Å²) in [6.07, 6.45) is -4.17. The molecule has 0 aliphatic heterocycles. The lowest BCUT2D eigenvalue weighted by Gasteiger charge is -2.28. The number of halogens is 3. The van der Waals surface area contributed by atoms with E-state index in [0.717, 1.165) is 0 Å². The summed E-state index contributed by atoms with van der Waals surface area (Å²) in [4.78, 5) is 22.9. The van der Waals surface area contributed by atoms with E-state index in [9.17, 15) is 22.8 Å². The molecule has 2 amide bonds. The number of nitrogens with one attached hydrogen (secondary N) is 1. The molecular formula is C10H17F3N2O3. The number of nitrogens with zero attached hydrogens (tertiary/aromatic N) is 1. The summed E-state index contributed by atoms with van der Waals surface area (Å²) >= 11 is 0. The minimum absolute atomic E-state index is 0.0962. The van der Waals surface area contributed by atoms with Crippen LogP contribution in [-0.4, -0.2) is 46.8 Å². The number of alkyl halides is 3. The Labute approximate surface area is 103 Å². The SMILES string of the molecule is CCCN(CC(F)(F)F)C(=O)NC(C)(C)C(=O)O. The molecule has 0 rings (SSSR count). The van der Waals surface area contributed by atoms with Crippen molar-refractivity contribution in [2.45, 2.75) is 38.9 Å². The Morgan fingerprint density at radius 1 is 1.28 bits per heavy atom. The molecule has 0 saturated heterocycles. The van der Waals surface area contributed by atoms with E-state index in [4.69, 9.17) is 5.11 Å². The zero-order chi connectivity index (χ0) is 14.6. The van der Waals surface area contributed by atoms with Crippen molar-refractivity contribution in [2.75, 3.05) is 13.1 Å². The third-order valence-electron chi connectivity index (χ3n) is 2.10. The largest absolute Gasteiger partial charge is 0.480 e. The first-order valence-corrected chi connectivity index (χ1v) is 5.37. The van der Waals surface area contributed by atoms with E-state index in [2.05, 4.69) is 5.32 Å². The van der Waals surface area contributed by atoms with Crippen LogP contribution in [-0.2, 0) is 4.79 Å². The highest BCUT2D eigenvalue weighted by molar-refractivity contribution is 5.85. The standard InChI is InChI=1S/C10H17F3N2O3/c1-4-5-15(6-10(11,12)13)8(18)14-9(2,3)7(16)17/h4-6H2,1-3H3,(H,14,18)(H,16,17). The van der Waals surface area contributed by atoms with Crippen molar-refractivity contribution in [2.24, 2.45) is 0 Å². The van der Waals surface area contributed by atoms with E-state index in [-0.39, 0.29) is 6.54 Å². The van der Waals surface area contributed by atoms with Gasteiger partial charge < -0.3 is 15.3 Å². The molecule has 0 spiro atoms. The molecular weight excluding hydrogens is 253 g/mol. The molecule has 0 aliphatic carbocycles. The Balaban J connectivity index is 4.73. The maximum absolute atomic E-state index is 12.2. The minimum atomic E-state index is -4.51. The van der Waals surface area contributed by atoms with Gasteiger partial charge in [0.15, 0.2) is 0 Å². The number of aliphatic carboxylic acids is 1. The zero-order valence-corrected chi connectivity index (χ0v) is 10.5. The van der Waals surface area contributed by atoms with Crippen molar-refractivity contribution in [1.29, 1.82) is 0 Å². The fourth-order valence-electron chi connectivity index (χ4n) is 1.14. The molecule has 0 aromatic rings. The Morgan fingerprint density at radius 2 is 1.78 bits per heavy atom. The highest BCUT2D eigenvalue weighted by Crippen LogP contribution is 2.17. The molecule has 0 aliphatic rings. The second-order valence-corrected chi connectivity index (χ2v) is 4.40. The minimum Gasteiger partial charge on any atom is -0.480 e. The second kappa shape index (κ2) is 5.92. The molecule has 106 valence electrons. The molecule has 0 aromatic heterocycles. The Morgan fingerprint density at radius 3 is 2.11 bits per heavy atom. The molecule has 0 saturated carbocycles. The van der Waals surface area contributed by atoms with Gasteiger partial charge in [-0.3, -0.25) is 0 Å². The lowest BCUT2D eigenvalue weighted by molar-refractivity contribution is -0.143. The molecule has 0 bridgehead atoms. The summed E-state index contributed by atoms with van der Waals surface area (Å²) in [6, 6.07) is -1.04. The van der Waals surface area contributed by atoms with Crippen molar-refractivity contribution in [3.05, 3.63) is 0 Å². The van der Waals surface area contributed by atoms with E-state index >= 15 is 0 Å². The maximum atomic E-state index is 12.2. The summed E-state index contributed by atoms with van der Waals surface area (Å²) in [6.45, 7) is 2.53. The third-order valence-corrected chi connectivity index (χ3v) is 2.10. The fourth-order valence-corrected chi connectivity index (χ4v) is 1.14. The van der Waals surface area contributed by atoms with Gasteiger partial charge in [-0.1, -0.05) is 6.92 Å². The average molecular weight is 270 g/mol. The summed E-state index contributed by atoms with van der Waals surface area (Å²) in [5.41, 5.74) is -1.62. The third kappa shape index (κ3) is 5.74. The predicted molar refractivity (Wildman–Crippen MR) is 58.2 cm³/mol. The summed E-state index contributed by atoms with van der Waals surface area (Å²) in [5, 5.41) is 10.8. The Kier molecular flexibility index (Phi) is 5.44. The Hall–Kier alpha value is -1.47. The summed E-state index contributed by atoms with van der Waals surface area (Å²) in [7, 11) is 0. The fraction of sp³-hybridized carbons (Fsp3) is 0.800. The molecule has 0 unspecified atom stereocenters. The first-order chi connectivity index (χ1) is 7.99. The quantitative estimate of drug-likeness (QED) is 0.800. The van der Waals surface area contributed by atoms with Crippen LogP contribution in [0.25, 0.3) is 0 Å². The average Bonchev–Trinajstić information content (AvgIpc) is 2.13. The summed E-state index contributed by atoms with van der Waals surface area (Å²) < 4.78 is 36.7. The van der Waals surface area contributed by atoms with Gasteiger partial charge in [0.25, 0.3) is 0 Å². The topological polar surface area (TPSA) is 69.6 Å². The van der Waals surface area contributed by atoms with Crippen molar-refractivity contribution < 1.29 is 27.9 Å². The van der Waals surface area contributed by atoms with Gasteiger partial charge in [-0.15, -0.1) is 0 Å². The molecule has 8 heteroatoms. The number of carboxylic acid groups (broad SMARTS) is 1. The van der Waals surface area contributed by atoms with Gasteiger partial charge in [-0.2, -0.15) is 13.2 Å². The van der Waals surface area contributed by atoms with Crippen LogP contribution in [0.4, 0.5) is 18.0 Å². The monoisotopic (exact) mass is 270 g/mol. The first-order valence-electron chi connectivity index (χ1n) is 5.37. The van der Waals surface area contributed by atoms with E-state index in [1.54, 1.807) is 6.92 Å². The van der Waals surface area contributed by atoms with Gasteiger partial charge in [-0.05, 0) is 20.3 Å². The number of carbonyl (C=O) groups is 2. The molecule has 0 heterocycles. The lowest BCUT2D eigenvalue weighted by Crippen LogP contribution is -2.55. The van der Waals surface area contributed by atoms with Gasteiger partial charge in [0, 0.05) is 6.54 Å². The zero-order valence-electron chi connectivity index (χ0n) is 10.5. The predicted octanol–water partition coefficient (Wildman–Crippen LogP) is 1.83. The molecule has 0 fully saturated rings. The molecule has 2 N–H and O–H groups in total. The van der Waals surface area contributed by atoms with Crippen LogP contribution >= 0.6 is 0 Å². The number of carboxylic acids is 1. The van der Waals surface area contributed by atoms with Crippen molar-refractivity contribution in [1.82, 2.24) is 10.2 Å². The molecule has 5 nitrogen and oxygen atoms in total. The van der Waals surface area contributed by atoms with Crippen LogP contribution in [0.5, 0.6) is 0 Å². The number of urea groups is 1. The number of carbonyl (C=O) groups excluding carboxylic acids is 1. The highest BCUT2D eigenvalue weighted by Gasteiger charge is 2.36. The lowest BCUT2D eigenvalue weighted by atomic mass is 10.1. The van der Waals surface area contributed by atoms with Crippen LogP contribution in [0.2, 0.25) is 0 Å². The van der Waals surface area contributed by atoms with Gasteiger partial charge >= 0.3 is 18.2 Å². The van der Waals surface area contributed by atoms with Crippen LogP contribution in [0.15, 0.2) is 0 Å². The number of hydrogen-bond acceptors (Lipinski definition) is 2. The van der Waals surface area contributed by atoms with E-state index in [1.165, 1.54) is 13.8 Å². The van der Waals surface area contributed by atoms with Crippen LogP contribution in [0, 0.1) is 0 Å². The van der Waals surface area contributed by atoms with Crippen molar-refractivity contribution in [3.63, 3.8) is 0 Å². The smallest absolute Gasteiger partial charge is 0.406 e. The first kappa shape index (κ1) is 16.5. The van der Waals surface area contributed by atoms with Gasteiger partial charge in [0.2, 0.25) is 0 Å². The van der Waals surface area contributed by atoms with Gasteiger partial charge in [0.1, 0.15) is 12.1 Å². The number of rotatable bonds is 5. The van der Waals surface area contributed by atoms with Gasteiger partial charge in [-0.25, -0.2) is 9.59 Å². The van der Waals surface area contributed by atoms with E-state index < -0.39 is 30.3 Å². The van der Waals surface area contributed by atoms with Crippen molar-refractivity contribution in [3.8, 4) is 0 Å². The molecule has 0 atom stereocenters. The summed E-state index contributed by atoms with van der Waals surface area (Å²) in [5.74, 6) is -1.32. The number of hydrogen-bond donors (Lipinski definition) is 2. The normalized spacial score (nSPS) is 12.1. The Bertz CT molecular complexity index is 316. The van der Waals surface area contributed by atoms with Crippen LogP contribution in [0.3, 0.4) is 0 Å². The van der Waals surface area contributed by atoms with Crippen LogP contribution in [0.1, 0.15) is 27.2 Å². The second-order valence-electron chi connectivity index (χ2n) is 4.40. The molecule has 18 heavy (non-hydrogen) atoms.